The van der Waals surface area contributed by atoms with Crippen molar-refractivity contribution in [1.29, 1.82) is 0 Å². The van der Waals surface area contributed by atoms with Crippen LogP contribution in [0.5, 0.6) is 5.88 Å². The predicted molar refractivity (Wildman–Crippen MR) is 333 cm³/mol. The van der Waals surface area contributed by atoms with E-state index in [4.69, 9.17) is 95.6 Å². The molecule has 0 saturated carbocycles. The Balaban J connectivity index is 0.815. The molecule has 0 bridgehead atoms. The maximum absolute atomic E-state index is 13.4. The Labute approximate surface area is 535 Å². The zero-order valence-corrected chi connectivity index (χ0v) is 53.4. The Bertz CT molecular complexity index is 2650. The summed E-state index contributed by atoms with van der Waals surface area (Å²) in [6.45, 7) is 10.4. The molecule has 5 rings (SSSR count). The average Bonchev–Trinajstić information content (AvgIpc) is 1.19. The molecule has 90 heavy (non-hydrogen) atoms. The summed E-state index contributed by atoms with van der Waals surface area (Å²) in [6.07, 6.45) is 2.87. The number of nitrogens with zero attached hydrogens (tertiary/aromatic N) is 2. The van der Waals surface area contributed by atoms with E-state index >= 15 is 0 Å². The number of carbonyl (C=O) groups is 2. The first-order chi connectivity index (χ1) is 43.7. The number of sulfonamides is 1. The first-order valence-corrected chi connectivity index (χ1v) is 32.5. The Hall–Kier alpha value is -4.63. The number of benzene rings is 3. The SMILES string of the molecule is NNC(=O)CCOCCOCCOCCOCCOCCOCCOCCOCCOCCOCCOCCOCCNC(=O)CCCCCOc1cc(NC2CCN(S(=O)(=O)C(F)(F)F)CC2)c2cc(C(c3ccc(Cl)cc3)c3ccc(Cl)cc3)ccc2n1. The van der Waals surface area contributed by atoms with Crippen LogP contribution in [0.25, 0.3) is 10.9 Å². The van der Waals surface area contributed by atoms with Gasteiger partial charge < -0.3 is 72.2 Å². The van der Waals surface area contributed by atoms with Crippen LogP contribution in [0.3, 0.4) is 0 Å². The summed E-state index contributed by atoms with van der Waals surface area (Å²) in [7, 11) is -5.44. The first-order valence-electron chi connectivity index (χ1n) is 30.4. The smallest absolute Gasteiger partial charge is 0.478 e. The van der Waals surface area contributed by atoms with Crippen LogP contribution in [-0.2, 0) is 76.5 Å². The number of carbonyl (C=O) groups excluding carboxylic acids is 2. The van der Waals surface area contributed by atoms with Crippen molar-refractivity contribution in [3.63, 3.8) is 0 Å². The van der Waals surface area contributed by atoms with Crippen LogP contribution in [0.15, 0.2) is 72.8 Å². The molecule has 506 valence electrons. The molecule has 1 aliphatic rings. The summed E-state index contributed by atoms with van der Waals surface area (Å²) in [5.41, 5.74) is 0.820. The molecule has 2 amide bonds. The molecule has 0 aliphatic carbocycles. The second-order valence-electron chi connectivity index (χ2n) is 20.3. The van der Waals surface area contributed by atoms with Crippen molar-refractivity contribution in [1.82, 2.24) is 20.0 Å². The first kappa shape index (κ1) is 76.1. The number of piperidine rings is 1. The van der Waals surface area contributed by atoms with Crippen molar-refractivity contribution in [2.24, 2.45) is 5.84 Å². The van der Waals surface area contributed by atoms with Gasteiger partial charge in [0, 0.05) is 65.2 Å². The number of amides is 2. The van der Waals surface area contributed by atoms with E-state index in [1.54, 1.807) is 6.07 Å². The van der Waals surface area contributed by atoms with Crippen molar-refractivity contribution in [3.05, 3.63) is 99.5 Å². The molecule has 2 heterocycles. The average molecular weight is 1340 g/mol. The molecule has 0 radical (unpaired) electrons. The van der Waals surface area contributed by atoms with Crippen molar-refractivity contribution in [2.45, 2.75) is 62.4 Å². The number of fused-ring (bicyclic) bond motifs is 1. The third-order valence-electron chi connectivity index (χ3n) is 13.6. The largest absolute Gasteiger partial charge is 0.511 e. The second-order valence-corrected chi connectivity index (χ2v) is 23.1. The van der Waals surface area contributed by atoms with E-state index in [0.29, 0.717) is 222 Å². The Morgan fingerprint density at radius 2 is 0.944 bits per heavy atom. The molecular formula is C61H89Cl2F3N6O17S. The minimum Gasteiger partial charge on any atom is -0.478 e. The molecule has 3 aromatic carbocycles. The number of unbranched alkanes of at least 4 members (excludes halogenated alkanes) is 2. The zero-order valence-electron chi connectivity index (χ0n) is 51.0. The molecule has 1 saturated heterocycles. The number of alkyl halides is 3. The highest BCUT2D eigenvalue weighted by atomic mass is 35.5. The third-order valence-corrected chi connectivity index (χ3v) is 15.7. The van der Waals surface area contributed by atoms with Crippen molar-refractivity contribution in [2.75, 3.05) is 190 Å². The maximum Gasteiger partial charge on any atom is 0.511 e. The fourth-order valence-electron chi connectivity index (χ4n) is 8.94. The zero-order chi connectivity index (χ0) is 64.3. The normalized spacial score (nSPS) is 13.4. The molecule has 0 unspecified atom stereocenters. The van der Waals surface area contributed by atoms with Crippen LogP contribution in [0.2, 0.25) is 10.0 Å². The van der Waals surface area contributed by atoms with E-state index in [2.05, 4.69) is 10.6 Å². The molecule has 0 atom stereocenters. The monoisotopic (exact) mass is 1340 g/mol. The summed E-state index contributed by atoms with van der Waals surface area (Å²) in [4.78, 5) is 28.3. The van der Waals surface area contributed by atoms with Crippen LogP contribution in [0.1, 0.15) is 67.6 Å². The standard InChI is InChI=1S/C61H89Cl2F3N6O17S/c62-51-10-5-48(6-11-51)60(49-7-12-52(63)13-8-49)50-9-14-55-54(46-50)56(69-53-15-19-72(20-16-53)90(75,76)61(64,65)66)47-59(70-55)89-21-3-1-2-4-57(73)68-18-23-78-25-27-80-29-31-82-33-35-84-37-39-86-41-43-88-45-44-87-42-40-85-38-36-83-34-32-81-30-28-79-26-24-77-22-17-58(74)71-67/h5-14,46-47,53,60H,1-4,15-45,67H2,(H,68,73)(H,69,70)(H,71,74). The van der Waals surface area contributed by atoms with Gasteiger partial charge >= 0.3 is 15.5 Å². The molecule has 1 fully saturated rings. The van der Waals surface area contributed by atoms with Gasteiger partial charge in [-0.3, -0.25) is 15.0 Å². The molecule has 4 aromatic rings. The Morgan fingerprint density at radius 1 is 0.533 bits per heavy atom. The van der Waals surface area contributed by atoms with Gasteiger partial charge in [0.1, 0.15) is 0 Å². The number of pyridine rings is 1. The van der Waals surface area contributed by atoms with Crippen LogP contribution in [0.4, 0.5) is 18.9 Å². The summed E-state index contributed by atoms with van der Waals surface area (Å²) in [5.74, 6) is 4.76. The van der Waals surface area contributed by atoms with Crippen LogP contribution >= 0.6 is 23.2 Å². The van der Waals surface area contributed by atoms with Gasteiger partial charge in [-0.05, 0) is 85.2 Å². The maximum atomic E-state index is 13.4. The number of nitrogens with one attached hydrogen (secondary N) is 3. The number of hydrogen-bond acceptors (Lipinski definition) is 20. The number of hydrogen-bond donors (Lipinski definition) is 4. The number of halogens is 5. The number of anilines is 1. The Kier molecular flexibility index (Phi) is 38.6. The Morgan fingerprint density at radius 3 is 1.37 bits per heavy atom. The fourth-order valence-corrected chi connectivity index (χ4v) is 10.2. The number of rotatable bonds is 52. The molecule has 29 heteroatoms. The number of nitrogens with two attached hydrogens (primary N) is 1. The highest BCUT2D eigenvalue weighted by Crippen LogP contribution is 2.38. The van der Waals surface area contributed by atoms with E-state index in [0.717, 1.165) is 28.5 Å². The highest BCUT2D eigenvalue weighted by Gasteiger charge is 2.50. The van der Waals surface area contributed by atoms with Crippen LogP contribution in [0, 0.1) is 0 Å². The van der Waals surface area contributed by atoms with Crippen molar-refractivity contribution >= 4 is 61.6 Å². The second kappa shape index (κ2) is 45.6. The third kappa shape index (κ3) is 31.3. The van der Waals surface area contributed by atoms with E-state index in [9.17, 15) is 31.2 Å². The van der Waals surface area contributed by atoms with Crippen LogP contribution < -0.4 is 26.6 Å². The van der Waals surface area contributed by atoms with E-state index in [1.165, 1.54) is 0 Å². The van der Waals surface area contributed by atoms with Crippen molar-refractivity contribution < 1.29 is 92.8 Å². The van der Waals surface area contributed by atoms with E-state index in [-0.39, 0.29) is 56.1 Å². The van der Waals surface area contributed by atoms with Gasteiger partial charge in [0.2, 0.25) is 17.7 Å². The summed E-state index contributed by atoms with van der Waals surface area (Å²) in [5, 5.41) is 8.29. The van der Waals surface area contributed by atoms with Crippen molar-refractivity contribution in [3.8, 4) is 5.88 Å². The summed E-state index contributed by atoms with van der Waals surface area (Å²) in [6, 6.07) is 22.5. The fraction of sp³-hybridized carbons (Fsp3) is 0.623. The lowest BCUT2D eigenvalue weighted by Gasteiger charge is -2.32. The molecule has 5 N–H and O–H groups in total. The van der Waals surface area contributed by atoms with Gasteiger partial charge in [-0.25, -0.2) is 19.2 Å². The summed E-state index contributed by atoms with van der Waals surface area (Å²) >= 11 is 12.6. The van der Waals surface area contributed by atoms with E-state index < -0.39 is 15.5 Å². The highest BCUT2D eigenvalue weighted by molar-refractivity contribution is 7.90. The van der Waals surface area contributed by atoms with Gasteiger partial charge in [0.05, 0.1) is 177 Å². The van der Waals surface area contributed by atoms with Gasteiger partial charge in [0.15, 0.2) is 0 Å². The topological polar surface area (TPSA) is 267 Å². The van der Waals surface area contributed by atoms with E-state index in [1.807, 2.05) is 72.2 Å². The number of hydrazine groups is 1. The molecule has 1 aliphatic heterocycles. The quantitative estimate of drug-likeness (QED) is 0.0113. The predicted octanol–water partition coefficient (Wildman–Crippen LogP) is 7.08. The lowest BCUT2D eigenvalue weighted by atomic mass is 9.84. The van der Waals surface area contributed by atoms with Gasteiger partial charge in [-0.2, -0.15) is 17.5 Å². The van der Waals surface area contributed by atoms with Crippen LogP contribution in [-0.4, -0.2) is 226 Å². The van der Waals surface area contributed by atoms with Gasteiger partial charge in [0.25, 0.3) is 0 Å². The minimum atomic E-state index is -5.44. The molecule has 0 spiro atoms. The number of aromatic nitrogens is 1. The molecular weight excluding hydrogens is 1250 g/mol. The number of ether oxygens (including phenoxy) is 13. The lowest BCUT2D eigenvalue weighted by molar-refractivity contribution is -0.122. The lowest BCUT2D eigenvalue weighted by Crippen LogP contribution is -2.47. The minimum absolute atomic E-state index is 0.0807. The summed E-state index contributed by atoms with van der Waals surface area (Å²) < 4.78 is 137. The van der Waals surface area contributed by atoms with Gasteiger partial charge in [-0.1, -0.05) is 53.5 Å². The molecule has 1 aromatic heterocycles. The molecule has 23 nitrogen and oxygen atoms in total. The van der Waals surface area contributed by atoms with Gasteiger partial charge in [-0.15, -0.1) is 0 Å².